The van der Waals surface area contributed by atoms with Gasteiger partial charge in [0.15, 0.2) is 0 Å². The lowest BCUT2D eigenvalue weighted by Crippen LogP contribution is -2.40. The van der Waals surface area contributed by atoms with E-state index in [4.69, 9.17) is 0 Å². The third-order valence-corrected chi connectivity index (χ3v) is 4.59. The lowest BCUT2D eigenvalue weighted by atomic mass is 10.1. The summed E-state index contributed by atoms with van der Waals surface area (Å²) in [7, 11) is 0. The number of nitrogens with one attached hydrogen (secondary N) is 1. The molecule has 8 heteroatoms. The summed E-state index contributed by atoms with van der Waals surface area (Å²) in [6.45, 7) is 5.83. The van der Waals surface area contributed by atoms with Crippen molar-refractivity contribution in [1.29, 1.82) is 0 Å². The third kappa shape index (κ3) is 4.16. The van der Waals surface area contributed by atoms with E-state index in [1.807, 2.05) is 26.0 Å². The van der Waals surface area contributed by atoms with Crippen molar-refractivity contribution in [1.82, 2.24) is 29.9 Å². The molecule has 0 radical (unpaired) electrons. The number of nitrogens with zero attached hydrogens (tertiary/aromatic N) is 7. The molecule has 0 amide bonds. The summed E-state index contributed by atoms with van der Waals surface area (Å²) in [6.07, 6.45) is 8.77. The van der Waals surface area contributed by atoms with Gasteiger partial charge in [-0.25, -0.2) is 19.9 Å². The van der Waals surface area contributed by atoms with Crippen molar-refractivity contribution in [3.63, 3.8) is 0 Å². The molecule has 27 heavy (non-hydrogen) atoms. The van der Waals surface area contributed by atoms with Crippen LogP contribution in [0.1, 0.15) is 24.4 Å². The molecular weight excluding hydrogens is 340 g/mol. The van der Waals surface area contributed by atoms with Gasteiger partial charge in [-0.15, -0.1) is 0 Å². The van der Waals surface area contributed by atoms with Gasteiger partial charge < -0.3 is 10.2 Å². The summed E-state index contributed by atoms with van der Waals surface area (Å²) in [5, 5.41) is 3.46. The molecule has 8 nitrogen and oxygen atoms in total. The zero-order valence-corrected chi connectivity index (χ0v) is 15.5. The van der Waals surface area contributed by atoms with E-state index >= 15 is 0 Å². The van der Waals surface area contributed by atoms with Crippen molar-refractivity contribution in [2.24, 2.45) is 0 Å². The zero-order valence-electron chi connectivity index (χ0n) is 15.5. The second kappa shape index (κ2) is 7.61. The topological polar surface area (TPSA) is 92.6 Å². The fraction of sp³-hybridized carbons (Fsp3) is 0.368. The van der Waals surface area contributed by atoms with Gasteiger partial charge in [-0.3, -0.25) is 9.97 Å². The normalized spacial score (nSPS) is 15.0. The van der Waals surface area contributed by atoms with E-state index in [9.17, 15) is 0 Å². The smallest absolute Gasteiger partial charge is 0.223 e. The number of aryl methyl sites for hydroxylation is 2. The SMILES string of the molecule is Cc1cc(N2CCC(Nc3nccc(-c4cnccn4)n3)CC2)nc(C)n1. The van der Waals surface area contributed by atoms with Crippen molar-refractivity contribution in [3.05, 3.63) is 48.4 Å². The summed E-state index contributed by atoms with van der Waals surface area (Å²) in [4.78, 5) is 28.6. The maximum absolute atomic E-state index is 4.58. The van der Waals surface area contributed by atoms with Gasteiger partial charge in [0.25, 0.3) is 0 Å². The highest BCUT2D eigenvalue weighted by Crippen LogP contribution is 2.21. The molecular formula is C19H22N8. The highest BCUT2D eigenvalue weighted by molar-refractivity contribution is 5.53. The van der Waals surface area contributed by atoms with Crippen LogP contribution in [-0.2, 0) is 0 Å². The van der Waals surface area contributed by atoms with Crippen LogP contribution in [0.25, 0.3) is 11.4 Å². The van der Waals surface area contributed by atoms with E-state index in [1.165, 1.54) is 0 Å². The van der Waals surface area contributed by atoms with Crippen LogP contribution in [0, 0.1) is 13.8 Å². The van der Waals surface area contributed by atoms with E-state index in [0.29, 0.717) is 12.0 Å². The van der Waals surface area contributed by atoms with E-state index < -0.39 is 0 Å². The van der Waals surface area contributed by atoms with Gasteiger partial charge >= 0.3 is 0 Å². The summed E-state index contributed by atoms with van der Waals surface area (Å²) >= 11 is 0. The summed E-state index contributed by atoms with van der Waals surface area (Å²) in [5.74, 6) is 2.46. The molecule has 138 valence electrons. The number of hydrogen-bond acceptors (Lipinski definition) is 8. The van der Waals surface area contributed by atoms with Crippen molar-refractivity contribution in [3.8, 4) is 11.4 Å². The van der Waals surface area contributed by atoms with Crippen molar-refractivity contribution in [2.75, 3.05) is 23.3 Å². The van der Waals surface area contributed by atoms with Crippen molar-refractivity contribution < 1.29 is 0 Å². The van der Waals surface area contributed by atoms with Gasteiger partial charge in [-0.1, -0.05) is 0 Å². The summed E-state index contributed by atoms with van der Waals surface area (Å²) in [5.41, 5.74) is 2.52. The fourth-order valence-electron chi connectivity index (χ4n) is 3.30. The minimum atomic E-state index is 0.336. The number of hydrogen-bond donors (Lipinski definition) is 1. The molecule has 1 N–H and O–H groups in total. The molecule has 1 fully saturated rings. The molecule has 0 unspecified atom stereocenters. The van der Waals surface area contributed by atoms with Crippen molar-refractivity contribution >= 4 is 11.8 Å². The lowest BCUT2D eigenvalue weighted by Gasteiger charge is -2.33. The Hall–Kier alpha value is -3.16. The third-order valence-electron chi connectivity index (χ3n) is 4.59. The van der Waals surface area contributed by atoms with Crippen LogP contribution in [0.5, 0.6) is 0 Å². The predicted molar refractivity (Wildman–Crippen MR) is 103 cm³/mol. The van der Waals surface area contributed by atoms with Crippen LogP contribution in [0.15, 0.2) is 36.9 Å². The summed E-state index contributed by atoms with van der Waals surface area (Å²) < 4.78 is 0. The van der Waals surface area contributed by atoms with Gasteiger partial charge in [0, 0.05) is 49.5 Å². The molecule has 4 rings (SSSR count). The molecule has 1 saturated heterocycles. The number of anilines is 2. The van der Waals surface area contributed by atoms with Gasteiger partial charge in [-0.2, -0.15) is 0 Å². The molecule has 4 heterocycles. The minimum Gasteiger partial charge on any atom is -0.356 e. The first-order chi connectivity index (χ1) is 13.2. The van der Waals surface area contributed by atoms with E-state index in [0.717, 1.165) is 54.7 Å². The molecule has 0 saturated carbocycles. The van der Waals surface area contributed by atoms with Crippen molar-refractivity contribution in [2.45, 2.75) is 32.7 Å². The average molecular weight is 362 g/mol. The lowest BCUT2D eigenvalue weighted by molar-refractivity contribution is 0.520. The van der Waals surface area contributed by atoms with Gasteiger partial charge in [-0.05, 0) is 32.8 Å². The van der Waals surface area contributed by atoms with E-state index in [-0.39, 0.29) is 0 Å². The quantitative estimate of drug-likeness (QED) is 0.756. The number of piperidine rings is 1. The molecule has 1 aliphatic heterocycles. The molecule has 0 aromatic carbocycles. The summed E-state index contributed by atoms with van der Waals surface area (Å²) in [6, 6.07) is 4.23. The maximum atomic E-state index is 4.58. The minimum absolute atomic E-state index is 0.336. The predicted octanol–water partition coefficient (Wildman–Crippen LogP) is 2.42. The van der Waals surface area contributed by atoms with Gasteiger partial charge in [0.2, 0.25) is 5.95 Å². The van der Waals surface area contributed by atoms with Crippen LogP contribution >= 0.6 is 0 Å². The number of rotatable bonds is 4. The molecule has 0 bridgehead atoms. The molecule has 0 spiro atoms. The van der Waals surface area contributed by atoms with Crippen LogP contribution in [0.2, 0.25) is 0 Å². The second-order valence-corrected chi connectivity index (χ2v) is 6.68. The molecule has 1 aliphatic rings. The first kappa shape index (κ1) is 17.3. The zero-order chi connectivity index (χ0) is 18.6. The van der Waals surface area contributed by atoms with E-state index in [2.05, 4.69) is 40.1 Å². The Morgan fingerprint density at radius 1 is 0.963 bits per heavy atom. The molecule has 3 aromatic heterocycles. The van der Waals surface area contributed by atoms with Crippen LogP contribution in [-0.4, -0.2) is 49.0 Å². The largest absolute Gasteiger partial charge is 0.356 e. The van der Waals surface area contributed by atoms with Crippen LogP contribution in [0.4, 0.5) is 11.8 Å². The standard InChI is InChI=1S/C19H22N8/c1-13-11-18(24-14(2)23-13)27-9-4-15(5-10-27)25-19-22-6-3-16(26-19)17-12-20-7-8-21-17/h3,6-8,11-12,15H,4-5,9-10H2,1-2H3,(H,22,25,26). The highest BCUT2D eigenvalue weighted by atomic mass is 15.2. The van der Waals surface area contributed by atoms with Gasteiger partial charge in [0.05, 0.1) is 11.9 Å². The average Bonchev–Trinajstić information content (AvgIpc) is 2.69. The highest BCUT2D eigenvalue weighted by Gasteiger charge is 2.21. The molecule has 3 aromatic rings. The van der Waals surface area contributed by atoms with Crippen LogP contribution in [0.3, 0.4) is 0 Å². The monoisotopic (exact) mass is 362 g/mol. The first-order valence-electron chi connectivity index (χ1n) is 9.10. The Bertz CT molecular complexity index is 886. The Morgan fingerprint density at radius 3 is 2.56 bits per heavy atom. The second-order valence-electron chi connectivity index (χ2n) is 6.68. The Balaban J connectivity index is 1.39. The van der Waals surface area contributed by atoms with Gasteiger partial charge in [0.1, 0.15) is 17.3 Å². The first-order valence-corrected chi connectivity index (χ1v) is 9.10. The number of aromatic nitrogens is 6. The van der Waals surface area contributed by atoms with Crippen LogP contribution < -0.4 is 10.2 Å². The Morgan fingerprint density at radius 2 is 1.81 bits per heavy atom. The maximum Gasteiger partial charge on any atom is 0.223 e. The Labute approximate surface area is 158 Å². The fourth-order valence-corrected chi connectivity index (χ4v) is 3.30. The Kier molecular flexibility index (Phi) is 4.86. The van der Waals surface area contributed by atoms with E-state index in [1.54, 1.807) is 24.8 Å². The molecule has 0 atom stereocenters. The molecule has 0 aliphatic carbocycles.